The SMILES string of the molecule is CCCCCCCCCCCCCCCCCCCCCCCCCCCCCCCCCCCCCCCCCCCCCCc1cccc(S(=O)(=O)O)c1. The van der Waals surface area contributed by atoms with E-state index in [4.69, 9.17) is 0 Å². The van der Waals surface area contributed by atoms with Gasteiger partial charge in [-0.25, -0.2) is 0 Å². The Hall–Kier alpha value is -0.870. The Bertz CT molecular complexity index is 1020. The van der Waals surface area contributed by atoms with Crippen LogP contribution in [0.3, 0.4) is 0 Å². The minimum atomic E-state index is -4.10. The molecule has 0 amide bonds. The van der Waals surface area contributed by atoms with Crippen LogP contribution in [0.25, 0.3) is 0 Å². The molecular formula is C52H98O3S. The van der Waals surface area contributed by atoms with Crippen molar-refractivity contribution in [3.05, 3.63) is 29.8 Å². The Labute approximate surface area is 352 Å². The maximum Gasteiger partial charge on any atom is 0.294 e. The van der Waals surface area contributed by atoms with E-state index in [1.165, 1.54) is 282 Å². The second kappa shape index (κ2) is 42.3. The molecular weight excluding hydrogens is 705 g/mol. The first kappa shape index (κ1) is 53.1. The van der Waals surface area contributed by atoms with Gasteiger partial charge in [-0.05, 0) is 30.5 Å². The zero-order valence-corrected chi connectivity index (χ0v) is 38.6. The Morgan fingerprint density at radius 2 is 0.554 bits per heavy atom. The molecule has 0 atom stereocenters. The van der Waals surface area contributed by atoms with Gasteiger partial charge in [-0.3, -0.25) is 4.55 Å². The predicted octanol–water partition coefficient (Wildman–Crippen LogP) is 18.7. The van der Waals surface area contributed by atoms with Gasteiger partial charge in [-0.1, -0.05) is 295 Å². The van der Waals surface area contributed by atoms with Crippen molar-refractivity contribution in [3.8, 4) is 0 Å². The van der Waals surface area contributed by atoms with Gasteiger partial charge in [0.05, 0.1) is 4.90 Å². The molecule has 0 spiro atoms. The molecule has 0 aliphatic heterocycles. The molecule has 0 aliphatic rings. The van der Waals surface area contributed by atoms with Crippen LogP contribution in [-0.2, 0) is 16.5 Å². The highest BCUT2D eigenvalue weighted by Gasteiger charge is 2.09. The lowest BCUT2D eigenvalue weighted by Crippen LogP contribution is -1.98. The van der Waals surface area contributed by atoms with Gasteiger partial charge in [0, 0.05) is 0 Å². The molecule has 0 fully saturated rings. The number of hydrogen-bond acceptors (Lipinski definition) is 2. The van der Waals surface area contributed by atoms with Gasteiger partial charge in [-0.15, -0.1) is 0 Å². The third-order valence-corrected chi connectivity index (χ3v) is 13.4. The van der Waals surface area contributed by atoms with Gasteiger partial charge in [0.25, 0.3) is 10.1 Å². The fraction of sp³-hybridized carbons (Fsp3) is 0.885. The summed E-state index contributed by atoms with van der Waals surface area (Å²) in [5, 5.41) is 0. The van der Waals surface area contributed by atoms with E-state index in [9.17, 15) is 13.0 Å². The lowest BCUT2D eigenvalue weighted by molar-refractivity contribution is 0.483. The number of benzene rings is 1. The minimum absolute atomic E-state index is 0.00669. The maximum atomic E-state index is 11.3. The van der Waals surface area contributed by atoms with E-state index in [0.29, 0.717) is 0 Å². The fourth-order valence-electron chi connectivity index (χ4n) is 8.69. The maximum absolute atomic E-state index is 11.3. The summed E-state index contributed by atoms with van der Waals surface area (Å²) in [5.74, 6) is 0. The molecule has 330 valence electrons. The summed E-state index contributed by atoms with van der Waals surface area (Å²) in [6.07, 6.45) is 64.0. The molecule has 0 aromatic heterocycles. The van der Waals surface area contributed by atoms with Crippen LogP contribution < -0.4 is 0 Å². The van der Waals surface area contributed by atoms with E-state index < -0.39 is 10.1 Å². The van der Waals surface area contributed by atoms with Crippen LogP contribution in [-0.4, -0.2) is 13.0 Å². The molecule has 0 radical (unpaired) electrons. The van der Waals surface area contributed by atoms with Gasteiger partial charge in [0.2, 0.25) is 0 Å². The van der Waals surface area contributed by atoms with Gasteiger partial charge in [-0.2, -0.15) is 8.42 Å². The zero-order chi connectivity index (χ0) is 40.3. The average molecular weight is 803 g/mol. The highest BCUT2D eigenvalue weighted by molar-refractivity contribution is 7.85. The first-order chi connectivity index (χ1) is 27.5. The second-order valence-electron chi connectivity index (χ2n) is 18.1. The van der Waals surface area contributed by atoms with Crippen LogP contribution in [0.2, 0.25) is 0 Å². The Morgan fingerprint density at radius 1 is 0.339 bits per heavy atom. The molecule has 0 saturated carbocycles. The summed E-state index contributed by atoms with van der Waals surface area (Å²) in [6, 6.07) is 6.71. The van der Waals surface area contributed by atoms with Crippen molar-refractivity contribution in [1.29, 1.82) is 0 Å². The summed E-state index contributed by atoms with van der Waals surface area (Å²) in [6.45, 7) is 2.31. The van der Waals surface area contributed by atoms with Crippen LogP contribution >= 0.6 is 0 Å². The van der Waals surface area contributed by atoms with Crippen molar-refractivity contribution in [2.75, 3.05) is 0 Å². The molecule has 1 N–H and O–H groups in total. The van der Waals surface area contributed by atoms with Crippen molar-refractivity contribution < 1.29 is 13.0 Å². The summed E-state index contributed by atoms with van der Waals surface area (Å²) in [4.78, 5) is 0.00669. The van der Waals surface area contributed by atoms with E-state index in [1.807, 2.05) is 6.07 Å². The number of rotatable bonds is 46. The molecule has 3 nitrogen and oxygen atoms in total. The largest absolute Gasteiger partial charge is 0.294 e. The minimum Gasteiger partial charge on any atom is -0.282 e. The van der Waals surface area contributed by atoms with E-state index in [1.54, 1.807) is 12.1 Å². The zero-order valence-electron chi connectivity index (χ0n) is 37.8. The summed E-state index contributed by atoms with van der Waals surface area (Å²) in [5.41, 5.74) is 0.993. The van der Waals surface area contributed by atoms with Crippen LogP contribution in [0.4, 0.5) is 0 Å². The summed E-state index contributed by atoms with van der Waals surface area (Å²) >= 11 is 0. The standard InChI is InChI=1S/C52H98O3S/c1-2-3-4-5-6-7-8-9-10-11-12-13-14-15-16-17-18-19-20-21-22-23-24-25-26-27-28-29-30-31-32-33-34-35-36-37-38-39-40-41-42-43-44-45-47-51-48-46-49-52(50-51)56(53,54)55/h46,48-50H,2-45,47H2,1H3,(H,53,54,55). The van der Waals surface area contributed by atoms with Crippen LogP contribution in [0.15, 0.2) is 29.2 Å². The lowest BCUT2D eigenvalue weighted by Gasteiger charge is -2.05. The summed E-state index contributed by atoms with van der Waals surface area (Å²) in [7, 11) is -4.10. The molecule has 1 aromatic rings. The van der Waals surface area contributed by atoms with Crippen LogP contribution in [0.1, 0.15) is 295 Å². The Morgan fingerprint density at radius 3 is 0.768 bits per heavy atom. The normalized spacial score (nSPS) is 11.9. The first-order valence-corrected chi connectivity index (χ1v) is 27.0. The number of hydrogen-bond donors (Lipinski definition) is 1. The first-order valence-electron chi connectivity index (χ1n) is 25.6. The third-order valence-electron chi connectivity index (χ3n) is 12.5. The van der Waals surface area contributed by atoms with E-state index in [0.717, 1.165) is 18.4 Å². The van der Waals surface area contributed by atoms with Crippen LogP contribution in [0.5, 0.6) is 0 Å². The third kappa shape index (κ3) is 38.6. The predicted molar refractivity (Wildman–Crippen MR) is 249 cm³/mol. The highest BCUT2D eigenvalue weighted by Crippen LogP contribution is 2.19. The Kier molecular flexibility index (Phi) is 40.1. The topological polar surface area (TPSA) is 54.4 Å². The molecule has 1 aromatic carbocycles. The molecule has 1 rings (SSSR count). The summed E-state index contributed by atoms with van der Waals surface area (Å²) < 4.78 is 31.8. The second-order valence-corrected chi connectivity index (χ2v) is 19.5. The molecule has 0 aliphatic carbocycles. The quantitative estimate of drug-likeness (QED) is 0.0528. The average Bonchev–Trinajstić information content (AvgIpc) is 3.19. The molecule has 4 heteroatoms. The van der Waals surface area contributed by atoms with Crippen molar-refractivity contribution in [3.63, 3.8) is 0 Å². The molecule has 0 unspecified atom stereocenters. The molecule has 0 saturated heterocycles. The smallest absolute Gasteiger partial charge is 0.282 e. The van der Waals surface area contributed by atoms with E-state index in [2.05, 4.69) is 6.92 Å². The monoisotopic (exact) mass is 803 g/mol. The molecule has 56 heavy (non-hydrogen) atoms. The van der Waals surface area contributed by atoms with Crippen molar-refractivity contribution in [1.82, 2.24) is 0 Å². The van der Waals surface area contributed by atoms with Crippen LogP contribution in [0, 0.1) is 0 Å². The van der Waals surface area contributed by atoms with Crippen molar-refractivity contribution >= 4 is 10.1 Å². The fourth-order valence-corrected chi connectivity index (χ4v) is 9.24. The number of unbranched alkanes of at least 4 members (excludes halogenated alkanes) is 43. The highest BCUT2D eigenvalue weighted by atomic mass is 32.2. The number of aryl methyl sites for hydroxylation is 1. The van der Waals surface area contributed by atoms with Gasteiger partial charge >= 0.3 is 0 Å². The van der Waals surface area contributed by atoms with Crippen molar-refractivity contribution in [2.45, 2.75) is 301 Å². The Balaban J connectivity index is 1.64. The van der Waals surface area contributed by atoms with Gasteiger partial charge in [0.15, 0.2) is 0 Å². The van der Waals surface area contributed by atoms with Crippen molar-refractivity contribution in [2.24, 2.45) is 0 Å². The van der Waals surface area contributed by atoms with E-state index >= 15 is 0 Å². The van der Waals surface area contributed by atoms with Gasteiger partial charge < -0.3 is 0 Å². The molecule has 0 bridgehead atoms. The molecule has 0 heterocycles. The van der Waals surface area contributed by atoms with E-state index in [-0.39, 0.29) is 4.90 Å². The lowest BCUT2D eigenvalue weighted by atomic mass is 10.0. The van der Waals surface area contributed by atoms with Gasteiger partial charge in [0.1, 0.15) is 0 Å².